The van der Waals surface area contributed by atoms with Crippen molar-refractivity contribution in [3.05, 3.63) is 0 Å². The maximum Gasteiger partial charge on any atom is 0.307 e. The average molecular weight is 227 g/mol. The van der Waals surface area contributed by atoms with Gasteiger partial charge in [-0.3, -0.25) is 9.69 Å². The molecule has 0 aromatic heterocycles. The van der Waals surface area contributed by atoms with Crippen molar-refractivity contribution in [1.29, 1.82) is 0 Å². The summed E-state index contributed by atoms with van der Waals surface area (Å²) < 4.78 is 4.96. The Balaban J connectivity index is 2.37. The van der Waals surface area contributed by atoms with Gasteiger partial charge in [-0.25, -0.2) is 0 Å². The van der Waals surface area contributed by atoms with Crippen molar-refractivity contribution >= 4 is 5.97 Å². The van der Waals surface area contributed by atoms with E-state index in [0.717, 1.165) is 24.9 Å². The summed E-state index contributed by atoms with van der Waals surface area (Å²) in [5.74, 6) is 1.40. The summed E-state index contributed by atoms with van der Waals surface area (Å²) in [6.45, 7) is 11.2. The minimum absolute atomic E-state index is 0.0689. The number of likely N-dealkylation sites (tertiary alicyclic amines) is 1. The first-order valence-corrected chi connectivity index (χ1v) is 6.44. The molecule has 94 valence electrons. The molecule has 0 aliphatic carbocycles. The quantitative estimate of drug-likeness (QED) is 0.690. The highest BCUT2D eigenvalue weighted by atomic mass is 16.5. The number of carbonyl (C=O) groups is 1. The molecule has 0 aromatic rings. The lowest BCUT2D eigenvalue weighted by atomic mass is 9.86. The van der Waals surface area contributed by atoms with Gasteiger partial charge in [0.25, 0.3) is 0 Å². The molecule has 0 spiro atoms. The van der Waals surface area contributed by atoms with Crippen molar-refractivity contribution in [2.75, 3.05) is 19.7 Å². The fourth-order valence-electron chi connectivity index (χ4n) is 2.60. The fraction of sp³-hybridized carbons (Fsp3) is 0.923. The van der Waals surface area contributed by atoms with E-state index < -0.39 is 0 Å². The first-order chi connectivity index (χ1) is 7.54. The minimum Gasteiger partial charge on any atom is -0.466 e. The SMILES string of the molecule is CCOC(=O)CCN1CC(C)CC(C)C1C. The van der Waals surface area contributed by atoms with Gasteiger partial charge in [-0.05, 0) is 32.1 Å². The predicted octanol–water partition coefficient (Wildman–Crippen LogP) is 2.31. The Hall–Kier alpha value is -0.570. The normalized spacial score (nSPS) is 31.4. The summed E-state index contributed by atoms with van der Waals surface area (Å²) in [6, 6.07) is 0.589. The summed E-state index contributed by atoms with van der Waals surface area (Å²) in [7, 11) is 0. The van der Waals surface area contributed by atoms with Crippen LogP contribution in [0.25, 0.3) is 0 Å². The van der Waals surface area contributed by atoms with Gasteiger partial charge in [-0.15, -0.1) is 0 Å². The maximum absolute atomic E-state index is 11.3. The second-order valence-electron chi connectivity index (χ2n) is 5.11. The number of esters is 1. The third-order valence-electron chi connectivity index (χ3n) is 3.63. The largest absolute Gasteiger partial charge is 0.466 e. The highest BCUT2D eigenvalue weighted by molar-refractivity contribution is 5.69. The fourth-order valence-corrected chi connectivity index (χ4v) is 2.60. The van der Waals surface area contributed by atoms with Crippen molar-refractivity contribution in [2.45, 2.75) is 46.6 Å². The topological polar surface area (TPSA) is 29.5 Å². The lowest BCUT2D eigenvalue weighted by Gasteiger charge is -2.41. The molecule has 0 N–H and O–H groups in total. The Labute approximate surface area is 99.1 Å². The summed E-state index contributed by atoms with van der Waals surface area (Å²) in [6.07, 6.45) is 1.83. The molecular weight excluding hydrogens is 202 g/mol. The van der Waals surface area contributed by atoms with Crippen molar-refractivity contribution in [3.8, 4) is 0 Å². The molecule has 0 saturated carbocycles. The summed E-state index contributed by atoms with van der Waals surface area (Å²) in [4.78, 5) is 13.7. The molecule has 1 fully saturated rings. The molecule has 0 radical (unpaired) electrons. The highest BCUT2D eigenvalue weighted by Crippen LogP contribution is 2.26. The molecule has 0 amide bonds. The standard InChI is InChI=1S/C13H25NO2/c1-5-16-13(15)6-7-14-9-10(2)8-11(3)12(14)4/h10-12H,5-9H2,1-4H3. The Morgan fingerprint density at radius 2 is 2.06 bits per heavy atom. The molecule has 3 atom stereocenters. The van der Waals surface area contributed by atoms with Crippen LogP contribution in [0.15, 0.2) is 0 Å². The number of nitrogens with zero attached hydrogens (tertiary/aromatic N) is 1. The van der Waals surface area contributed by atoms with Crippen molar-refractivity contribution in [1.82, 2.24) is 4.90 Å². The van der Waals surface area contributed by atoms with Crippen LogP contribution in [-0.4, -0.2) is 36.6 Å². The van der Waals surface area contributed by atoms with E-state index in [9.17, 15) is 4.79 Å². The van der Waals surface area contributed by atoms with Crippen LogP contribution in [0.2, 0.25) is 0 Å². The van der Waals surface area contributed by atoms with Gasteiger partial charge in [-0.2, -0.15) is 0 Å². The highest BCUT2D eigenvalue weighted by Gasteiger charge is 2.28. The van der Waals surface area contributed by atoms with Gasteiger partial charge in [0.05, 0.1) is 13.0 Å². The van der Waals surface area contributed by atoms with Crippen LogP contribution in [0, 0.1) is 11.8 Å². The second kappa shape index (κ2) is 6.24. The number of piperidine rings is 1. The first-order valence-electron chi connectivity index (χ1n) is 6.44. The molecule has 3 unspecified atom stereocenters. The molecule has 1 rings (SSSR count). The molecule has 3 heteroatoms. The van der Waals surface area contributed by atoms with E-state index in [1.165, 1.54) is 6.42 Å². The number of rotatable bonds is 4. The molecular formula is C13H25NO2. The van der Waals surface area contributed by atoms with Gasteiger partial charge in [-0.1, -0.05) is 13.8 Å². The molecule has 1 saturated heterocycles. The number of hydrogen-bond donors (Lipinski definition) is 0. The summed E-state index contributed by atoms with van der Waals surface area (Å²) in [5.41, 5.74) is 0. The van der Waals surface area contributed by atoms with Crippen LogP contribution < -0.4 is 0 Å². The van der Waals surface area contributed by atoms with E-state index in [1.54, 1.807) is 0 Å². The molecule has 16 heavy (non-hydrogen) atoms. The molecule has 3 nitrogen and oxygen atoms in total. The predicted molar refractivity (Wildman–Crippen MR) is 65.2 cm³/mol. The molecule has 1 heterocycles. The molecule has 0 bridgehead atoms. The number of hydrogen-bond acceptors (Lipinski definition) is 3. The zero-order valence-corrected chi connectivity index (χ0v) is 11.0. The van der Waals surface area contributed by atoms with E-state index >= 15 is 0 Å². The van der Waals surface area contributed by atoms with Gasteiger partial charge in [0.1, 0.15) is 0 Å². The van der Waals surface area contributed by atoms with E-state index in [0.29, 0.717) is 19.1 Å². The van der Waals surface area contributed by atoms with Crippen LogP contribution in [0.3, 0.4) is 0 Å². The second-order valence-corrected chi connectivity index (χ2v) is 5.11. The third kappa shape index (κ3) is 3.78. The van der Waals surface area contributed by atoms with Gasteiger partial charge < -0.3 is 4.74 Å². The van der Waals surface area contributed by atoms with Gasteiger partial charge in [0, 0.05) is 19.1 Å². The zero-order valence-electron chi connectivity index (χ0n) is 11.0. The van der Waals surface area contributed by atoms with E-state index in [-0.39, 0.29) is 5.97 Å². The Morgan fingerprint density at radius 1 is 1.38 bits per heavy atom. The van der Waals surface area contributed by atoms with Crippen LogP contribution in [0.1, 0.15) is 40.5 Å². The minimum atomic E-state index is -0.0689. The Bertz CT molecular complexity index is 230. The number of carbonyl (C=O) groups excluding carboxylic acids is 1. The van der Waals surface area contributed by atoms with Crippen LogP contribution >= 0.6 is 0 Å². The molecule has 1 aliphatic heterocycles. The van der Waals surface area contributed by atoms with E-state index in [4.69, 9.17) is 4.74 Å². The van der Waals surface area contributed by atoms with Gasteiger partial charge >= 0.3 is 5.97 Å². The van der Waals surface area contributed by atoms with Crippen molar-refractivity contribution in [3.63, 3.8) is 0 Å². The van der Waals surface area contributed by atoms with Crippen LogP contribution in [0.4, 0.5) is 0 Å². The lowest BCUT2D eigenvalue weighted by Crippen LogP contribution is -2.46. The lowest BCUT2D eigenvalue weighted by molar-refractivity contribution is -0.143. The monoisotopic (exact) mass is 227 g/mol. The summed E-state index contributed by atoms with van der Waals surface area (Å²) in [5, 5.41) is 0. The molecule has 0 aromatic carbocycles. The van der Waals surface area contributed by atoms with Gasteiger partial charge in [0.2, 0.25) is 0 Å². The summed E-state index contributed by atoms with van der Waals surface area (Å²) >= 11 is 0. The Kier molecular flexibility index (Phi) is 5.26. The third-order valence-corrected chi connectivity index (χ3v) is 3.63. The van der Waals surface area contributed by atoms with Crippen LogP contribution in [0.5, 0.6) is 0 Å². The first kappa shape index (κ1) is 13.5. The van der Waals surface area contributed by atoms with Crippen molar-refractivity contribution in [2.24, 2.45) is 11.8 Å². The zero-order chi connectivity index (χ0) is 12.1. The average Bonchev–Trinajstić information content (AvgIpc) is 2.21. The smallest absolute Gasteiger partial charge is 0.307 e. The van der Waals surface area contributed by atoms with Gasteiger partial charge in [0.15, 0.2) is 0 Å². The molecule has 1 aliphatic rings. The van der Waals surface area contributed by atoms with E-state index in [2.05, 4.69) is 25.7 Å². The van der Waals surface area contributed by atoms with E-state index in [1.807, 2.05) is 6.92 Å². The van der Waals surface area contributed by atoms with Crippen molar-refractivity contribution < 1.29 is 9.53 Å². The van der Waals surface area contributed by atoms with Crippen LogP contribution in [-0.2, 0) is 9.53 Å². The Morgan fingerprint density at radius 3 is 2.69 bits per heavy atom. The maximum atomic E-state index is 11.3. The number of ether oxygens (including phenoxy) is 1.